The second-order valence-corrected chi connectivity index (χ2v) is 11.4. The lowest BCUT2D eigenvalue weighted by molar-refractivity contribution is 0.824. The number of alkyl halides is 6. The van der Waals surface area contributed by atoms with Gasteiger partial charge in [-0.2, -0.15) is 0 Å². The molecule has 0 aliphatic heterocycles. The number of hydrogen-bond acceptors (Lipinski definition) is 1. The van der Waals surface area contributed by atoms with Crippen LogP contribution in [0, 0.1) is 0 Å². The predicted octanol–water partition coefficient (Wildman–Crippen LogP) is 7.07. The van der Waals surface area contributed by atoms with Crippen LogP contribution in [0.5, 0.6) is 0 Å². The van der Waals surface area contributed by atoms with Crippen molar-refractivity contribution in [3.05, 3.63) is 86.6 Å². The summed E-state index contributed by atoms with van der Waals surface area (Å²) in [7, 11) is 1.67. The first-order valence-electron chi connectivity index (χ1n) is 8.18. The first kappa shape index (κ1) is 23.1. The van der Waals surface area contributed by atoms with Gasteiger partial charge in [0.25, 0.3) is 0 Å². The molecule has 3 nitrogen and oxygen atoms in total. The first-order valence-corrected chi connectivity index (χ1v) is 10.8. The van der Waals surface area contributed by atoms with Crippen LogP contribution in [-0.4, -0.2) is 9.13 Å². The maximum atomic E-state index is 12.1. The summed E-state index contributed by atoms with van der Waals surface area (Å²) in [4.78, 5) is 12.1. The maximum Gasteiger partial charge on any atom is 0.332 e. The fraction of sp³-hybridized carbons (Fsp3) is 0.211. The zero-order chi connectivity index (χ0) is 21.6. The van der Waals surface area contributed by atoms with Crippen LogP contribution in [-0.2, 0) is 21.1 Å². The van der Waals surface area contributed by atoms with Crippen molar-refractivity contribution in [1.82, 2.24) is 9.13 Å². The highest BCUT2D eigenvalue weighted by molar-refractivity contribution is 6.69. The van der Waals surface area contributed by atoms with Crippen LogP contribution in [0.1, 0.15) is 22.3 Å². The van der Waals surface area contributed by atoms with Gasteiger partial charge in [0.2, 0.25) is 7.59 Å². The molecule has 0 atom stereocenters. The van der Waals surface area contributed by atoms with E-state index in [0.29, 0.717) is 28.3 Å². The second-order valence-electron chi connectivity index (χ2n) is 6.40. The molecule has 3 aromatic rings. The molecule has 0 unspecified atom stereocenters. The average molecular weight is 533 g/mol. The number of benzene rings is 2. The van der Waals surface area contributed by atoms with Crippen molar-refractivity contribution in [2.75, 3.05) is 0 Å². The summed E-state index contributed by atoms with van der Waals surface area (Å²) in [6, 6.07) is 10.5. The predicted molar refractivity (Wildman–Crippen MR) is 124 cm³/mol. The Labute approximate surface area is 202 Å². The molecule has 0 fully saturated rings. The topological polar surface area (TPSA) is 26.9 Å². The van der Waals surface area contributed by atoms with Gasteiger partial charge < -0.3 is 4.57 Å². The molecular formula is C19H13Cl7N2O. The fourth-order valence-corrected chi connectivity index (χ4v) is 4.18. The van der Waals surface area contributed by atoms with E-state index in [0.717, 1.165) is 11.1 Å². The first-order chi connectivity index (χ1) is 13.4. The third kappa shape index (κ3) is 5.22. The van der Waals surface area contributed by atoms with Crippen molar-refractivity contribution >= 4 is 81.2 Å². The lowest BCUT2D eigenvalue weighted by Gasteiger charge is -2.22. The van der Waals surface area contributed by atoms with Crippen molar-refractivity contribution in [3.63, 3.8) is 0 Å². The minimum atomic E-state index is -1.76. The molecule has 0 saturated heterocycles. The fourth-order valence-electron chi connectivity index (χ4n) is 2.92. The van der Waals surface area contributed by atoms with Gasteiger partial charge in [0, 0.05) is 30.6 Å². The molecule has 10 heteroatoms. The van der Waals surface area contributed by atoms with E-state index in [-0.39, 0.29) is 5.69 Å². The smallest absolute Gasteiger partial charge is 0.302 e. The van der Waals surface area contributed by atoms with E-state index in [4.69, 9.17) is 81.2 Å². The standard InChI is InChI=1S/C19H13Cl7N2O/c1-27-6-7-28(17(27)29)16-5-3-12(10-15(16)20)8-11-2-4-13(18(21,22)23)14(9-11)19(24,25)26/h2-7,9-10H,8H2,1H3. The minimum Gasteiger partial charge on any atom is -0.302 e. The summed E-state index contributed by atoms with van der Waals surface area (Å²) in [5, 5.41) is 0.440. The lowest BCUT2D eigenvalue weighted by Crippen LogP contribution is -2.20. The van der Waals surface area contributed by atoms with Crippen LogP contribution < -0.4 is 5.69 Å². The van der Waals surface area contributed by atoms with Gasteiger partial charge in [0.15, 0.2) is 0 Å². The molecule has 0 aliphatic rings. The van der Waals surface area contributed by atoms with Crippen LogP contribution in [0.3, 0.4) is 0 Å². The van der Waals surface area contributed by atoms with Gasteiger partial charge in [-0.3, -0.25) is 4.57 Å². The summed E-state index contributed by atoms with van der Waals surface area (Å²) >= 11 is 42.6. The van der Waals surface area contributed by atoms with Gasteiger partial charge in [0.1, 0.15) is 0 Å². The molecule has 1 heterocycles. The van der Waals surface area contributed by atoms with Gasteiger partial charge in [-0.25, -0.2) is 4.79 Å². The minimum absolute atomic E-state index is 0.186. The Bertz CT molecular complexity index is 1110. The largest absolute Gasteiger partial charge is 0.332 e. The second kappa shape index (κ2) is 8.55. The van der Waals surface area contributed by atoms with Crippen molar-refractivity contribution in [2.24, 2.45) is 7.05 Å². The van der Waals surface area contributed by atoms with E-state index in [1.165, 1.54) is 9.13 Å². The Kier molecular flexibility index (Phi) is 6.82. The Morgan fingerprint density at radius 3 is 1.93 bits per heavy atom. The van der Waals surface area contributed by atoms with E-state index in [1.807, 2.05) is 6.07 Å². The molecule has 0 radical (unpaired) electrons. The van der Waals surface area contributed by atoms with Crippen LogP contribution in [0.15, 0.2) is 53.6 Å². The van der Waals surface area contributed by atoms with Crippen molar-refractivity contribution in [2.45, 2.75) is 14.0 Å². The molecule has 0 bridgehead atoms. The molecule has 0 amide bonds. The number of aromatic nitrogens is 2. The van der Waals surface area contributed by atoms with E-state index in [2.05, 4.69) is 0 Å². The molecule has 0 spiro atoms. The average Bonchev–Trinajstić information content (AvgIpc) is 2.92. The molecule has 0 N–H and O–H groups in total. The van der Waals surface area contributed by atoms with E-state index in [1.54, 1.807) is 49.8 Å². The summed E-state index contributed by atoms with van der Waals surface area (Å²) in [6.07, 6.45) is 3.82. The van der Waals surface area contributed by atoms with Crippen LogP contribution in [0.2, 0.25) is 5.02 Å². The molecule has 154 valence electrons. The Hall–Kier alpha value is -0.520. The van der Waals surface area contributed by atoms with Crippen molar-refractivity contribution in [1.29, 1.82) is 0 Å². The number of aryl methyl sites for hydroxylation is 1. The van der Waals surface area contributed by atoms with Gasteiger partial charge in [-0.15, -0.1) is 0 Å². The molecule has 29 heavy (non-hydrogen) atoms. The van der Waals surface area contributed by atoms with E-state index >= 15 is 0 Å². The number of imidazole rings is 1. The number of nitrogens with zero attached hydrogens (tertiary/aromatic N) is 2. The monoisotopic (exact) mass is 530 g/mol. The molecule has 1 aromatic heterocycles. The van der Waals surface area contributed by atoms with E-state index in [9.17, 15) is 4.79 Å². The van der Waals surface area contributed by atoms with Crippen molar-refractivity contribution in [3.8, 4) is 5.69 Å². The summed E-state index contributed by atoms with van der Waals surface area (Å²) in [6.45, 7) is 0. The SMILES string of the molecule is Cn1ccn(-c2ccc(Cc3ccc(C(Cl)(Cl)Cl)c(C(Cl)(Cl)Cl)c3)cc2Cl)c1=O. The lowest BCUT2D eigenvalue weighted by atomic mass is 10.00. The van der Waals surface area contributed by atoms with Crippen LogP contribution >= 0.6 is 81.2 Å². The van der Waals surface area contributed by atoms with Gasteiger partial charge in [-0.05, 0) is 29.7 Å². The number of halogens is 7. The molecule has 3 rings (SSSR count). The summed E-state index contributed by atoms with van der Waals surface area (Å²) in [5.74, 6) is 0. The Balaban J connectivity index is 1.95. The summed E-state index contributed by atoms with van der Waals surface area (Å²) in [5.41, 5.74) is 2.73. The molecule has 0 saturated carbocycles. The third-order valence-corrected chi connectivity index (χ3v) is 5.85. The van der Waals surface area contributed by atoms with Crippen LogP contribution in [0.25, 0.3) is 5.69 Å². The third-order valence-electron chi connectivity index (χ3n) is 4.32. The van der Waals surface area contributed by atoms with Gasteiger partial charge >= 0.3 is 5.69 Å². The molecule has 0 aliphatic carbocycles. The van der Waals surface area contributed by atoms with Crippen molar-refractivity contribution < 1.29 is 0 Å². The zero-order valence-corrected chi connectivity index (χ0v) is 20.1. The zero-order valence-electron chi connectivity index (χ0n) is 14.8. The molecule has 2 aromatic carbocycles. The maximum absolute atomic E-state index is 12.1. The highest BCUT2D eigenvalue weighted by atomic mass is 35.6. The van der Waals surface area contributed by atoms with Gasteiger partial charge in [-0.1, -0.05) is 105 Å². The number of rotatable bonds is 3. The highest BCUT2D eigenvalue weighted by Crippen LogP contribution is 2.48. The Morgan fingerprint density at radius 2 is 1.41 bits per heavy atom. The Morgan fingerprint density at radius 1 is 0.828 bits per heavy atom. The number of hydrogen-bond donors (Lipinski definition) is 0. The quantitative estimate of drug-likeness (QED) is 0.331. The summed E-state index contributed by atoms with van der Waals surface area (Å²) < 4.78 is -0.547. The van der Waals surface area contributed by atoms with Crippen LogP contribution in [0.4, 0.5) is 0 Å². The highest BCUT2D eigenvalue weighted by Gasteiger charge is 2.34. The molecular weight excluding hydrogens is 520 g/mol. The van der Waals surface area contributed by atoms with Gasteiger partial charge in [0.05, 0.1) is 10.7 Å². The van der Waals surface area contributed by atoms with E-state index < -0.39 is 7.59 Å². The normalized spacial score (nSPS) is 12.4.